The second-order valence-corrected chi connectivity index (χ2v) is 6.46. The molecule has 0 aliphatic rings. The first-order valence-electron chi connectivity index (χ1n) is 8.85. The predicted octanol–water partition coefficient (Wildman–Crippen LogP) is 5.32. The molecule has 0 aliphatic heterocycles. The average molecular weight is 336 g/mol. The number of benzene rings is 2. The molecule has 130 valence electrons. The first kappa shape index (κ1) is 17.4. The molecule has 0 bridgehead atoms. The fourth-order valence-corrected chi connectivity index (χ4v) is 3.36. The molecular formula is C22H25FN2. The minimum atomic E-state index is -0.208. The SMILES string of the molecule is C=CC(CCNC)CCc1c(-c2ccc(F)cc2)[nH]c2ccccc12. The van der Waals surface area contributed by atoms with Crippen molar-refractivity contribution >= 4 is 10.9 Å². The molecule has 3 aromatic rings. The van der Waals surface area contributed by atoms with E-state index in [-0.39, 0.29) is 5.82 Å². The molecule has 1 aromatic heterocycles. The van der Waals surface area contributed by atoms with Crippen LogP contribution in [0.3, 0.4) is 0 Å². The van der Waals surface area contributed by atoms with E-state index in [9.17, 15) is 4.39 Å². The number of fused-ring (bicyclic) bond motifs is 1. The Labute approximate surface area is 148 Å². The van der Waals surface area contributed by atoms with Gasteiger partial charge in [-0.25, -0.2) is 4.39 Å². The molecule has 1 atom stereocenters. The van der Waals surface area contributed by atoms with Crippen molar-refractivity contribution in [1.82, 2.24) is 10.3 Å². The third-order valence-corrected chi connectivity index (χ3v) is 4.81. The van der Waals surface area contributed by atoms with Gasteiger partial charge in [-0.05, 0) is 80.2 Å². The molecule has 25 heavy (non-hydrogen) atoms. The van der Waals surface area contributed by atoms with Gasteiger partial charge in [-0.1, -0.05) is 24.3 Å². The molecule has 0 fully saturated rings. The summed E-state index contributed by atoms with van der Waals surface area (Å²) < 4.78 is 13.3. The van der Waals surface area contributed by atoms with Gasteiger partial charge in [0.1, 0.15) is 5.82 Å². The highest BCUT2D eigenvalue weighted by Crippen LogP contribution is 2.32. The summed E-state index contributed by atoms with van der Waals surface area (Å²) in [6.07, 6.45) is 5.18. The highest BCUT2D eigenvalue weighted by Gasteiger charge is 2.14. The Bertz CT molecular complexity index is 833. The van der Waals surface area contributed by atoms with Crippen LogP contribution in [0.1, 0.15) is 18.4 Å². The van der Waals surface area contributed by atoms with Crippen LogP contribution in [-0.4, -0.2) is 18.6 Å². The molecule has 0 saturated carbocycles. The summed E-state index contributed by atoms with van der Waals surface area (Å²) in [5, 5.41) is 4.46. The Morgan fingerprint density at radius 3 is 2.60 bits per heavy atom. The second-order valence-electron chi connectivity index (χ2n) is 6.46. The van der Waals surface area contributed by atoms with Crippen molar-refractivity contribution in [3.8, 4) is 11.3 Å². The lowest BCUT2D eigenvalue weighted by molar-refractivity contribution is 0.531. The number of para-hydroxylation sites is 1. The third-order valence-electron chi connectivity index (χ3n) is 4.81. The minimum absolute atomic E-state index is 0.208. The van der Waals surface area contributed by atoms with Gasteiger partial charge in [0.25, 0.3) is 0 Å². The quantitative estimate of drug-likeness (QED) is 0.535. The largest absolute Gasteiger partial charge is 0.354 e. The van der Waals surface area contributed by atoms with E-state index in [2.05, 4.69) is 41.2 Å². The molecule has 0 saturated heterocycles. The zero-order chi connectivity index (χ0) is 17.6. The Morgan fingerprint density at radius 2 is 1.88 bits per heavy atom. The number of aryl methyl sites for hydroxylation is 1. The van der Waals surface area contributed by atoms with Gasteiger partial charge < -0.3 is 10.3 Å². The molecular weight excluding hydrogens is 311 g/mol. The Morgan fingerprint density at radius 1 is 1.12 bits per heavy atom. The van der Waals surface area contributed by atoms with Gasteiger partial charge in [0.15, 0.2) is 0 Å². The number of nitrogens with one attached hydrogen (secondary N) is 2. The number of rotatable bonds is 8. The van der Waals surface area contributed by atoms with Crippen LogP contribution in [0.5, 0.6) is 0 Å². The van der Waals surface area contributed by atoms with Crippen molar-refractivity contribution in [2.24, 2.45) is 5.92 Å². The van der Waals surface area contributed by atoms with E-state index in [1.165, 1.54) is 23.1 Å². The monoisotopic (exact) mass is 336 g/mol. The van der Waals surface area contributed by atoms with Crippen LogP contribution in [-0.2, 0) is 6.42 Å². The molecule has 0 amide bonds. The smallest absolute Gasteiger partial charge is 0.123 e. The van der Waals surface area contributed by atoms with Crippen LogP contribution in [0.4, 0.5) is 4.39 Å². The zero-order valence-corrected chi connectivity index (χ0v) is 14.7. The highest BCUT2D eigenvalue weighted by molar-refractivity contribution is 5.90. The summed E-state index contributed by atoms with van der Waals surface area (Å²) in [7, 11) is 1.98. The maximum absolute atomic E-state index is 13.3. The van der Waals surface area contributed by atoms with Gasteiger partial charge in [0.05, 0.1) is 0 Å². The Balaban J connectivity index is 1.93. The standard InChI is InChI=1S/C22H25FN2/c1-3-16(14-15-24-2)8-13-20-19-6-4-5-7-21(19)25-22(20)17-9-11-18(23)12-10-17/h3-7,9-12,16,24-25H,1,8,13-15H2,2H3. The molecule has 2 N–H and O–H groups in total. The van der Waals surface area contributed by atoms with Crippen molar-refractivity contribution < 1.29 is 4.39 Å². The van der Waals surface area contributed by atoms with Crippen molar-refractivity contribution in [3.63, 3.8) is 0 Å². The third kappa shape index (κ3) is 3.99. The van der Waals surface area contributed by atoms with Gasteiger partial charge in [0.2, 0.25) is 0 Å². The molecule has 1 unspecified atom stereocenters. The minimum Gasteiger partial charge on any atom is -0.354 e. The predicted molar refractivity (Wildman–Crippen MR) is 104 cm³/mol. The van der Waals surface area contributed by atoms with Crippen LogP contribution in [0, 0.1) is 11.7 Å². The number of hydrogen-bond donors (Lipinski definition) is 2. The van der Waals surface area contributed by atoms with Gasteiger partial charge >= 0.3 is 0 Å². The number of aromatic amines is 1. The summed E-state index contributed by atoms with van der Waals surface area (Å²) in [4.78, 5) is 3.52. The summed E-state index contributed by atoms with van der Waals surface area (Å²) in [5.74, 6) is 0.280. The van der Waals surface area contributed by atoms with E-state index in [4.69, 9.17) is 0 Å². The van der Waals surface area contributed by atoms with Crippen LogP contribution in [0.15, 0.2) is 61.2 Å². The number of aromatic nitrogens is 1. The average Bonchev–Trinajstić information content (AvgIpc) is 3.01. The lowest BCUT2D eigenvalue weighted by Gasteiger charge is -2.13. The molecule has 0 spiro atoms. The summed E-state index contributed by atoms with van der Waals surface area (Å²) >= 11 is 0. The van der Waals surface area contributed by atoms with Crippen molar-refractivity contribution in [3.05, 3.63) is 72.6 Å². The molecule has 1 heterocycles. The topological polar surface area (TPSA) is 27.8 Å². The van der Waals surface area contributed by atoms with Crippen molar-refractivity contribution in [2.45, 2.75) is 19.3 Å². The van der Waals surface area contributed by atoms with E-state index in [1.807, 2.05) is 25.2 Å². The number of halogens is 1. The number of hydrogen-bond acceptors (Lipinski definition) is 1. The first-order valence-corrected chi connectivity index (χ1v) is 8.85. The molecule has 3 heteroatoms. The maximum Gasteiger partial charge on any atom is 0.123 e. The second kappa shape index (κ2) is 8.13. The van der Waals surface area contributed by atoms with Crippen molar-refractivity contribution in [2.75, 3.05) is 13.6 Å². The summed E-state index contributed by atoms with van der Waals surface area (Å²) in [6.45, 7) is 4.98. The van der Waals surface area contributed by atoms with Gasteiger partial charge in [0, 0.05) is 16.6 Å². The summed E-state index contributed by atoms with van der Waals surface area (Å²) in [5.41, 5.74) is 4.55. The van der Waals surface area contributed by atoms with E-state index < -0.39 is 0 Å². The normalized spacial score (nSPS) is 12.4. The lowest BCUT2D eigenvalue weighted by atomic mass is 9.94. The number of allylic oxidation sites excluding steroid dienone is 1. The molecule has 3 rings (SSSR count). The molecule has 0 radical (unpaired) electrons. The molecule has 2 aromatic carbocycles. The summed E-state index contributed by atoms with van der Waals surface area (Å²) in [6, 6.07) is 15.1. The molecule has 2 nitrogen and oxygen atoms in total. The van der Waals surface area contributed by atoms with Crippen LogP contribution in [0.25, 0.3) is 22.2 Å². The van der Waals surface area contributed by atoms with Crippen molar-refractivity contribution in [1.29, 1.82) is 0 Å². The Hall–Kier alpha value is -2.39. The molecule has 0 aliphatic carbocycles. The zero-order valence-electron chi connectivity index (χ0n) is 14.7. The van der Waals surface area contributed by atoms with Crippen LogP contribution in [0.2, 0.25) is 0 Å². The fraction of sp³-hybridized carbons (Fsp3) is 0.273. The van der Waals surface area contributed by atoms with E-state index in [0.717, 1.165) is 42.6 Å². The van der Waals surface area contributed by atoms with Gasteiger partial charge in [-0.2, -0.15) is 0 Å². The van der Waals surface area contributed by atoms with Crippen LogP contribution < -0.4 is 5.32 Å². The van der Waals surface area contributed by atoms with Gasteiger partial charge in [-0.15, -0.1) is 6.58 Å². The van der Waals surface area contributed by atoms with E-state index in [1.54, 1.807) is 0 Å². The van der Waals surface area contributed by atoms with Gasteiger partial charge in [-0.3, -0.25) is 0 Å². The number of H-pyrrole nitrogens is 1. The highest BCUT2D eigenvalue weighted by atomic mass is 19.1. The Kier molecular flexibility index (Phi) is 5.67. The van der Waals surface area contributed by atoms with E-state index >= 15 is 0 Å². The van der Waals surface area contributed by atoms with Crippen LogP contribution >= 0.6 is 0 Å². The van der Waals surface area contributed by atoms with E-state index in [0.29, 0.717) is 5.92 Å². The fourth-order valence-electron chi connectivity index (χ4n) is 3.36. The maximum atomic E-state index is 13.3. The lowest BCUT2D eigenvalue weighted by Crippen LogP contribution is -2.12. The first-order chi connectivity index (χ1) is 12.2.